The van der Waals surface area contributed by atoms with E-state index in [0.717, 1.165) is 24.8 Å². The van der Waals surface area contributed by atoms with Crippen molar-refractivity contribution in [2.24, 2.45) is 0 Å². The molecule has 2 nitrogen and oxygen atoms in total. The Morgan fingerprint density at radius 1 is 1.16 bits per heavy atom. The van der Waals surface area contributed by atoms with Crippen LogP contribution in [0.15, 0.2) is 45.0 Å². The van der Waals surface area contributed by atoms with E-state index in [-0.39, 0.29) is 5.56 Å². The van der Waals surface area contributed by atoms with E-state index in [9.17, 15) is 4.79 Å². The summed E-state index contributed by atoms with van der Waals surface area (Å²) in [5, 5.41) is 0. The van der Waals surface area contributed by atoms with Crippen LogP contribution in [0, 0.1) is 6.92 Å². The minimum Gasteiger partial charge on any atom is -0.328 e. The number of hydrogen-bond donors (Lipinski definition) is 1. The Hall–Kier alpha value is -1.48. The van der Waals surface area contributed by atoms with Crippen molar-refractivity contribution in [1.29, 1.82) is 0 Å². The van der Waals surface area contributed by atoms with Gasteiger partial charge in [0.15, 0.2) is 0 Å². The van der Waals surface area contributed by atoms with Gasteiger partial charge in [0.05, 0.1) is 0 Å². The van der Waals surface area contributed by atoms with Crippen LogP contribution in [0.2, 0.25) is 0 Å². The zero-order valence-electron chi connectivity index (χ0n) is 11.0. The maximum absolute atomic E-state index is 11.9. The number of H-pyrrole nitrogens is 1. The zero-order chi connectivity index (χ0) is 13.2. The lowest BCUT2D eigenvalue weighted by molar-refractivity contribution is 0.665. The van der Waals surface area contributed by atoms with Gasteiger partial charge in [0.1, 0.15) is 0 Å². The predicted molar refractivity (Wildman–Crippen MR) is 79.0 cm³/mol. The molecule has 3 rings (SSSR count). The van der Waals surface area contributed by atoms with E-state index in [1.807, 2.05) is 6.20 Å². The molecule has 3 heteroatoms. The molecule has 0 aliphatic heterocycles. The Bertz CT molecular complexity index is 660. The van der Waals surface area contributed by atoms with Crippen molar-refractivity contribution in [2.75, 3.05) is 0 Å². The zero-order valence-corrected chi connectivity index (χ0v) is 11.8. The summed E-state index contributed by atoms with van der Waals surface area (Å²) in [4.78, 5) is 17.2. The third-order valence-corrected chi connectivity index (χ3v) is 4.66. The van der Waals surface area contributed by atoms with Crippen LogP contribution in [0.1, 0.15) is 29.5 Å². The molecule has 19 heavy (non-hydrogen) atoms. The Labute approximate surface area is 117 Å². The summed E-state index contributed by atoms with van der Waals surface area (Å²) in [6.07, 6.45) is 6.16. The monoisotopic (exact) mass is 271 g/mol. The van der Waals surface area contributed by atoms with Gasteiger partial charge in [-0.25, -0.2) is 0 Å². The first-order valence-electron chi connectivity index (χ1n) is 6.72. The summed E-state index contributed by atoms with van der Waals surface area (Å²) in [6.45, 7) is 2.10. The minimum atomic E-state index is 0.100. The average Bonchev–Trinajstić information content (AvgIpc) is 2.42. The molecule has 1 heterocycles. The number of pyridine rings is 1. The number of nitrogens with one attached hydrogen (secondary N) is 1. The van der Waals surface area contributed by atoms with Crippen molar-refractivity contribution < 1.29 is 0 Å². The van der Waals surface area contributed by atoms with Gasteiger partial charge in [-0.15, -0.1) is 0 Å². The lowest BCUT2D eigenvalue weighted by Crippen LogP contribution is -2.19. The number of benzene rings is 1. The Balaban J connectivity index is 1.99. The van der Waals surface area contributed by atoms with E-state index in [0.29, 0.717) is 0 Å². The molecule has 0 bridgehead atoms. The van der Waals surface area contributed by atoms with Crippen LogP contribution in [-0.2, 0) is 12.8 Å². The highest BCUT2D eigenvalue weighted by atomic mass is 32.2. The van der Waals surface area contributed by atoms with E-state index in [1.54, 1.807) is 11.8 Å². The normalized spacial score (nSPS) is 14.2. The maximum Gasteiger partial charge on any atom is 0.251 e. The van der Waals surface area contributed by atoms with Crippen molar-refractivity contribution in [1.82, 2.24) is 4.98 Å². The van der Waals surface area contributed by atoms with E-state index < -0.39 is 0 Å². The SMILES string of the molecule is Cc1cccc(Sc2c[nH]c(=O)c3c2CCCC3)c1. The van der Waals surface area contributed by atoms with Gasteiger partial charge in [-0.3, -0.25) is 4.79 Å². The topological polar surface area (TPSA) is 32.9 Å². The molecule has 0 saturated carbocycles. The van der Waals surface area contributed by atoms with Crippen LogP contribution in [0.3, 0.4) is 0 Å². The summed E-state index contributed by atoms with van der Waals surface area (Å²) in [5.74, 6) is 0. The van der Waals surface area contributed by atoms with Gasteiger partial charge in [0.25, 0.3) is 5.56 Å². The molecule has 1 aromatic carbocycles. The van der Waals surface area contributed by atoms with E-state index in [2.05, 4.69) is 36.2 Å². The lowest BCUT2D eigenvalue weighted by atomic mass is 9.93. The molecule has 1 aliphatic carbocycles. The molecule has 2 aromatic rings. The van der Waals surface area contributed by atoms with Gasteiger partial charge < -0.3 is 4.98 Å². The molecule has 0 fully saturated rings. The molecule has 0 spiro atoms. The molecule has 1 N–H and O–H groups in total. The first-order chi connectivity index (χ1) is 9.24. The van der Waals surface area contributed by atoms with Crippen molar-refractivity contribution in [3.63, 3.8) is 0 Å². The number of fused-ring (bicyclic) bond motifs is 1. The van der Waals surface area contributed by atoms with Crippen LogP contribution in [0.5, 0.6) is 0 Å². The summed E-state index contributed by atoms with van der Waals surface area (Å²) < 4.78 is 0. The summed E-state index contributed by atoms with van der Waals surface area (Å²) in [7, 11) is 0. The number of rotatable bonds is 2. The van der Waals surface area contributed by atoms with Crippen molar-refractivity contribution in [3.8, 4) is 0 Å². The largest absolute Gasteiger partial charge is 0.328 e. The first kappa shape index (κ1) is 12.5. The standard InChI is InChI=1S/C16H17NOS/c1-11-5-4-6-12(9-11)19-15-10-17-16(18)14-8-3-2-7-13(14)15/h4-6,9-10H,2-3,7-8H2,1H3,(H,17,18). The molecule has 1 aromatic heterocycles. The Kier molecular flexibility index (Phi) is 3.47. The van der Waals surface area contributed by atoms with Crippen molar-refractivity contribution in [2.45, 2.75) is 42.4 Å². The van der Waals surface area contributed by atoms with Crippen LogP contribution >= 0.6 is 11.8 Å². The number of hydrogen-bond acceptors (Lipinski definition) is 2. The smallest absolute Gasteiger partial charge is 0.251 e. The highest BCUT2D eigenvalue weighted by Gasteiger charge is 2.17. The minimum absolute atomic E-state index is 0.100. The second-order valence-corrected chi connectivity index (χ2v) is 6.18. The Morgan fingerprint density at radius 3 is 2.74 bits per heavy atom. The molecule has 0 amide bonds. The maximum atomic E-state index is 11.9. The van der Waals surface area contributed by atoms with E-state index in [4.69, 9.17) is 0 Å². The molecular formula is C16H17NOS. The first-order valence-corrected chi connectivity index (χ1v) is 7.53. The van der Waals surface area contributed by atoms with Gasteiger partial charge in [0.2, 0.25) is 0 Å². The summed E-state index contributed by atoms with van der Waals surface area (Å²) in [5.41, 5.74) is 3.64. The van der Waals surface area contributed by atoms with Gasteiger partial charge in [-0.1, -0.05) is 29.5 Å². The molecule has 0 unspecified atom stereocenters. The number of aryl methyl sites for hydroxylation is 1. The van der Waals surface area contributed by atoms with Gasteiger partial charge in [-0.05, 0) is 50.3 Å². The highest BCUT2D eigenvalue weighted by molar-refractivity contribution is 7.99. The third kappa shape index (κ3) is 2.61. The third-order valence-electron chi connectivity index (χ3n) is 3.59. The molecule has 0 saturated heterocycles. The lowest BCUT2D eigenvalue weighted by Gasteiger charge is -2.17. The fourth-order valence-corrected chi connectivity index (χ4v) is 3.74. The number of aromatic amines is 1. The average molecular weight is 271 g/mol. The van der Waals surface area contributed by atoms with Crippen LogP contribution in [-0.4, -0.2) is 4.98 Å². The van der Waals surface area contributed by atoms with Crippen LogP contribution in [0.4, 0.5) is 0 Å². The molecule has 0 radical (unpaired) electrons. The second-order valence-electron chi connectivity index (χ2n) is 5.06. The van der Waals surface area contributed by atoms with Crippen LogP contribution in [0.25, 0.3) is 0 Å². The van der Waals surface area contributed by atoms with Gasteiger partial charge in [0, 0.05) is 21.6 Å². The van der Waals surface area contributed by atoms with Crippen molar-refractivity contribution in [3.05, 3.63) is 57.5 Å². The molecule has 1 aliphatic rings. The molecular weight excluding hydrogens is 254 g/mol. The van der Waals surface area contributed by atoms with Crippen LogP contribution < -0.4 is 5.56 Å². The highest BCUT2D eigenvalue weighted by Crippen LogP contribution is 2.33. The fraction of sp³-hybridized carbons (Fsp3) is 0.312. The van der Waals surface area contributed by atoms with Crippen molar-refractivity contribution >= 4 is 11.8 Å². The molecule has 0 atom stereocenters. The fourth-order valence-electron chi connectivity index (χ4n) is 2.63. The number of aromatic nitrogens is 1. The quantitative estimate of drug-likeness (QED) is 0.903. The summed E-state index contributed by atoms with van der Waals surface area (Å²) in [6, 6.07) is 8.49. The van der Waals surface area contributed by atoms with E-state index >= 15 is 0 Å². The second kappa shape index (κ2) is 5.25. The summed E-state index contributed by atoms with van der Waals surface area (Å²) >= 11 is 1.75. The van der Waals surface area contributed by atoms with Gasteiger partial charge >= 0.3 is 0 Å². The van der Waals surface area contributed by atoms with E-state index in [1.165, 1.54) is 27.3 Å². The Morgan fingerprint density at radius 2 is 1.95 bits per heavy atom. The molecule has 98 valence electrons. The predicted octanol–water partition coefficient (Wildman–Crippen LogP) is 3.71. The van der Waals surface area contributed by atoms with Gasteiger partial charge in [-0.2, -0.15) is 0 Å².